The molecule has 2 amide bonds. The summed E-state index contributed by atoms with van der Waals surface area (Å²) in [5.41, 5.74) is 2.16. The summed E-state index contributed by atoms with van der Waals surface area (Å²) in [5, 5.41) is 12.1. The Labute approximate surface area is 205 Å². The van der Waals surface area contributed by atoms with Crippen molar-refractivity contribution in [3.05, 3.63) is 53.6 Å². The van der Waals surface area contributed by atoms with Crippen LogP contribution in [0.1, 0.15) is 56.0 Å². The van der Waals surface area contributed by atoms with Gasteiger partial charge in [-0.1, -0.05) is 12.1 Å². The molecule has 0 aromatic heterocycles. The summed E-state index contributed by atoms with van der Waals surface area (Å²) in [7, 11) is 1.30. The highest BCUT2D eigenvalue weighted by molar-refractivity contribution is 5.96. The fourth-order valence-electron chi connectivity index (χ4n) is 3.99. The number of hydrogen-bond acceptors (Lipinski definition) is 6. The Bertz CT molecular complexity index is 1140. The molecule has 1 aliphatic heterocycles. The fourth-order valence-corrected chi connectivity index (χ4v) is 3.99. The number of piperidine rings is 1. The van der Waals surface area contributed by atoms with Gasteiger partial charge in [-0.25, -0.2) is 9.59 Å². The second-order valence-corrected chi connectivity index (χ2v) is 9.65. The van der Waals surface area contributed by atoms with E-state index in [1.165, 1.54) is 7.11 Å². The lowest BCUT2D eigenvalue weighted by molar-refractivity contribution is -0.117. The van der Waals surface area contributed by atoms with Gasteiger partial charge in [-0.05, 0) is 81.0 Å². The van der Waals surface area contributed by atoms with E-state index in [9.17, 15) is 19.6 Å². The molecule has 0 aliphatic carbocycles. The van der Waals surface area contributed by atoms with Crippen LogP contribution in [0, 0.1) is 17.2 Å². The quantitative estimate of drug-likeness (QED) is 0.608. The summed E-state index contributed by atoms with van der Waals surface area (Å²) < 4.78 is 10.3. The highest BCUT2D eigenvalue weighted by Gasteiger charge is 2.28. The first-order valence-corrected chi connectivity index (χ1v) is 11.6. The van der Waals surface area contributed by atoms with Gasteiger partial charge in [0.05, 0.1) is 24.3 Å². The molecule has 3 rings (SSSR count). The van der Waals surface area contributed by atoms with E-state index in [1.54, 1.807) is 41.3 Å². The van der Waals surface area contributed by atoms with E-state index in [4.69, 9.17) is 9.47 Å². The third-order valence-corrected chi connectivity index (χ3v) is 5.70. The topological polar surface area (TPSA) is 109 Å². The number of benzene rings is 2. The molecule has 1 N–H and O–H groups in total. The van der Waals surface area contributed by atoms with Crippen molar-refractivity contribution in [2.24, 2.45) is 5.92 Å². The van der Waals surface area contributed by atoms with Gasteiger partial charge in [-0.2, -0.15) is 5.26 Å². The molecule has 1 heterocycles. The first-order chi connectivity index (χ1) is 16.6. The Hall–Kier alpha value is -3.86. The van der Waals surface area contributed by atoms with E-state index in [-0.39, 0.29) is 17.9 Å². The molecule has 35 heavy (non-hydrogen) atoms. The Morgan fingerprint density at radius 3 is 2.43 bits per heavy atom. The van der Waals surface area contributed by atoms with Crippen molar-refractivity contribution in [2.75, 3.05) is 25.5 Å². The molecule has 0 atom stereocenters. The number of nitrogens with one attached hydrogen (secondary N) is 1. The minimum atomic E-state index is -0.540. The zero-order valence-electron chi connectivity index (χ0n) is 20.6. The van der Waals surface area contributed by atoms with Gasteiger partial charge in [-0.3, -0.25) is 4.79 Å². The molecule has 0 spiro atoms. The van der Waals surface area contributed by atoms with Crippen molar-refractivity contribution in [3.63, 3.8) is 0 Å². The minimum absolute atomic E-state index is 0.143. The smallest absolute Gasteiger partial charge is 0.410 e. The molecule has 2 aromatic rings. The number of anilines is 1. The SMILES string of the molecule is COC(=O)c1cc(NC(=O)CC2CCN(C(=O)OC(C)(C)C)CC2)cc(-c2cccc(C#N)c2)c1. The summed E-state index contributed by atoms with van der Waals surface area (Å²) in [5.74, 6) is -0.544. The highest BCUT2D eigenvalue weighted by atomic mass is 16.6. The number of esters is 1. The molecule has 1 aliphatic rings. The lowest BCUT2D eigenvalue weighted by Gasteiger charge is -2.33. The summed E-state index contributed by atoms with van der Waals surface area (Å²) in [4.78, 5) is 39.0. The molecule has 0 saturated carbocycles. The average Bonchev–Trinajstić information content (AvgIpc) is 2.82. The lowest BCUT2D eigenvalue weighted by atomic mass is 9.93. The predicted molar refractivity (Wildman–Crippen MR) is 132 cm³/mol. The van der Waals surface area contributed by atoms with Crippen LogP contribution in [0.25, 0.3) is 11.1 Å². The first-order valence-electron chi connectivity index (χ1n) is 11.6. The number of carbonyl (C=O) groups excluding carboxylic acids is 3. The standard InChI is InChI=1S/C27H31N3O5/c1-27(2,3)35-26(33)30-10-8-18(9-11-30)13-24(31)29-23-15-21(14-22(16-23)25(32)34-4)20-7-5-6-19(12-20)17-28/h5-7,12,14-16,18H,8-11,13H2,1-4H3,(H,29,31). The Balaban J connectivity index is 1.67. The van der Waals surface area contributed by atoms with Gasteiger partial charge < -0.3 is 19.7 Å². The van der Waals surface area contributed by atoms with Crippen molar-refractivity contribution < 1.29 is 23.9 Å². The normalized spacial score (nSPS) is 14.1. The maximum Gasteiger partial charge on any atom is 0.410 e. The van der Waals surface area contributed by atoms with Gasteiger partial charge in [-0.15, -0.1) is 0 Å². The van der Waals surface area contributed by atoms with Crippen molar-refractivity contribution in [3.8, 4) is 17.2 Å². The van der Waals surface area contributed by atoms with Gasteiger partial charge in [0.15, 0.2) is 0 Å². The third kappa shape index (κ3) is 7.31. The van der Waals surface area contributed by atoms with Gasteiger partial charge in [0.25, 0.3) is 0 Å². The number of carbonyl (C=O) groups is 3. The number of rotatable bonds is 5. The van der Waals surface area contributed by atoms with Crippen LogP contribution in [0.2, 0.25) is 0 Å². The molecule has 0 unspecified atom stereocenters. The summed E-state index contributed by atoms with van der Waals surface area (Å²) in [6, 6.07) is 14.1. The Morgan fingerprint density at radius 2 is 1.80 bits per heavy atom. The summed E-state index contributed by atoms with van der Waals surface area (Å²) in [6.07, 6.45) is 1.40. The number of likely N-dealkylation sites (tertiary alicyclic amines) is 1. The van der Waals surface area contributed by atoms with Crippen LogP contribution in [0.3, 0.4) is 0 Å². The molecule has 184 valence electrons. The third-order valence-electron chi connectivity index (χ3n) is 5.70. The minimum Gasteiger partial charge on any atom is -0.465 e. The van der Waals surface area contributed by atoms with Gasteiger partial charge in [0, 0.05) is 25.2 Å². The molecule has 8 nitrogen and oxygen atoms in total. The summed E-state index contributed by atoms with van der Waals surface area (Å²) >= 11 is 0. The molecule has 8 heteroatoms. The lowest BCUT2D eigenvalue weighted by Crippen LogP contribution is -2.42. The van der Waals surface area contributed by atoms with Crippen molar-refractivity contribution in [1.29, 1.82) is 5.26 Å². The number of nitriles is 1. The van der Waals surface area contributed by atoms with Crippen LogP contribution in [0.15, 0.2) is 42.5 Å². The number of ether oxygens (including phenoxy) is 2. The Kier molecular flexibility index (Phi) is 8.13. The van der Waals surface area contributed by atoms with E-state index in [1.807, 2.05) is 26.8 Å². The van der Waals surface area contributed by atoms with Gasteiger partial charge in [0.2, 0.25) is 5.91 Å². The van der Waals surface area contributed by atoms with Gasteiger partial charge in [0.1, 0.15) is 5.60 Å². The second kappa shape index (κ2) is 11.0. The molecule has 2 aromatic carbocycles. The summed E-state index contributed by atoms with van der Waals surface area (Å²) in [6.45, 7) is 6.60. The molecule has 1 saturated heterocycles. The molecular weight excluding hydrogens is 446 g/mol. The van der Waals surface area contributed by atoms with Crippen molar-refractivity contribution in [2.45, 2.75) is 45.6 Å². The fraction of sp³-hybridized carbons (Fsp3) is 0.407. The largest absolute Gasteiger partial charge is 0.465 e. The average molecular weight is 478 g/mol. The monoisotopic (exact) mass is 477 g/mol. The van der Waals surface area contributed by atoms with E-state index < -0.39 is 11.6 Å². The van der Waals surface area contributed by atoms with Crippen LogP contribution in [0.5, 0.6) is 0 Å². The number of amides is 2. The highest BCUT2D eigenvalue weighted by Crippen LogP contribution is 2.27. The van der Waals surface area contributed by atoms with E-state index in [2.05, 4.69) is 11.4 Å². The van der Waals surface area contributed by atoms with E-state index >= 15 is 0 Å². The molecular formula is C27H31N3O5. The van der Waals surface area contributed by atoms with Crippen LogP contribution in [-0.4, -0.2) is 48.7 Å². The zero-order valence-corrected chi connectivity index (χ0v) is 20.6. The maximum atomic E-state index is 12.8. The van der Waals surface area contributed by atoms with Crippen molar-refractivity contribution >= 4 is 23.7 Å². The van der Waals surface area contributed by atoms with E-state index in [0.29, 0.717) is 54.7 Å². The predicted octanol–water partition coefficient (Wildman–Crippen LogP) is 4.99. The second-order valence-electron chi connectivity index (χ2n) is 9.65. The number of nitrogens with zero attached hydrogens (tertiary/aromatic N) is 2. The van der Waals surface area contributed by atoms with Crippen LogP contribution in [-0.2, 0) is 14.3 Å². The van der Waals surface area contributed by atoms with Crippen molar-refractivity contribution in [1.82, 2.24) is 4.90 Å². The van der Waals surface area contributed by atoms with Crippen LogP contribution >= 0.6 is 0 Å². The molecule has 1 fully saturated rings. The van der Waals surface area contributed by atoms with Gasteiger partial charge >= 0.3 is 12.1 Å². The molecule has 0 bridgehead atoms. The van der Waals surface area contributed by atoms with Crippen LogP contribution < -0.4 is 5.32 Å². The first kappa shape index (κ1) is 25.8. The molecule has 0 radical (unpaired) electrons. The Morgan fingerprint density at radius 1 is 1.09 bits per heavy atom. The maximum absolute atomic E-state index is 12.8. The number of hydrogen-bond donors (Lipinski definition) is 1. The zero-order chi connectivity index (χ0) is 25.6. The van der Waals surface area contributed by atoms with E-state index in [0.717, 1.165) is 5.56 Å². The number of methoxy groups -OCH3 is 1. The van der Waals surface area contributed by atoms with Crippen LogP contribution in [0.4, 0.5) is 10.5 Å².